The lowest BCUT2D eigenvalue weighted by atomic mass is 9.78. The van der Waals surface area contributed by atoms with Gasteiger partial charge >= 0.3 is 0 Å². The van der Waals surface area contributed by atoms with Crippen molar-refractivity contribution in [1.29, 1.82) is 0 Å². The molecule has 1 heterocycles. The van der Waals surface area contributed by atoms with Crippen molar-refractivity contribution in [2.75, 3.05) is 26.7 Å². The molecule has 0 radical (unpaired) electrons. The van der Waals surface area contributed by atoms with Gasteiger partial charge in [0.25, 0.3) is 0 Å². The summed E-state index contributed by atoms with van der Waals surface area (Å²) < 4.78 is 0. The Morgan fingerprint density at radius 3 is 2.67 bits per heavy atom. The first-order chi connectivity index (χ1) is 8.49. The van der Waals surface area contributed by atoms with E-state index in [-0.39, 0.29) is 30.3 Å². The topological polar surface area (TPSA) is 66.6 Å². The predicted octanol–water partition coefficient (Wildman–Crippen LogP) is 0.0505. The largest absolute Gasteiger partial charge is 0.342 e. The Hall–Kier alpha value is -1.10. The van der Waals surface area contributed by atoms with Crippen LogP contribution in [0.15, 0.2) is 0 Å². The smallest absolute Gasteiger partial charge is 0.241 e. The van der Waals surface area contributed by atoms with Crippen LogP contribution in [0.4, 0.5) is 0 Å². The quantitative estimate of drug-likeness (QED) is 0.718. The molecule has 2 N–H and O–H groups in total. The molecule has 0 bridgehead atoms. The minimum absolute atomic E-state index is 0.0372. The van der Waals surface area contributed by atoms with Gasteiger partial charge in [0.1, 0.15) is 0 Å². The lowest BCUT2D eigenvalue weighted by molar-refractivity contribution is -0.147. The zero-order chi connectivity index (χ0) is 13.3. The summed E-state index contributed by atoms with van der Waals surface area (Å²) in [5, 5.41) is 0. The Kier molecular flexibility index (Phi) is 3.90. The number of hydrogen-bond donors (Lipinski definition) is 1. The third-order valence-corrected chi connectivity index (χ3v) is 4.35. The van der Waals surface area contributed by atoms with Crippen LogP contribution < -0.4 is 5.73 Å². The van der Waals surface area contributed by atoms with E-state index >= 15 is 0 Å². The van der Waals surface area contributed by atoms with E-state index in [0.717, 1.165) is 19.3 Å². The summed E-state index contributed by atoms with van der Waals surface area (Å²) in [5.41, 5.74) is 5.97. The maximum atomic E-state index is 12.4. The van der Waals surface area contributed by atoms with Crippen LogP contribution in [0.25, 0.3) is 0 Å². The van der Waals surface area contributed by atoms with Crippen molar-refractivity contribution in [3.63, 3.8) is 0 Å². The van der Waals surface area contributed by atoms with Crippen LogP contribution >= 0.6 is 0 Å². The summed E-state index contributed by atoms with van der Waals surface area (Å²) >= 11 is 0. The van der Waals surface area contributed by atoms with Crippen molar-refractivity contribution in [2.24, 2.45) is 17.6 Å². The van der Waals surface area contributed by atoms with E-state index in [1.54, 1.807) is 16.8 Å². The molecule has 0 aromatic heterocycles. The molecule has 1 aliphatic heterocycles. The number of likely N-dealkylation sites (N-methyl/N-ethyl adjacent to an activating group) is 1. The van der Waals surface area contributed by atoms with E-state index in [1.165, 1.54) is 0 Å². The first kappa shape index (κ1) is 13.3. The molecule has 0 aromatic carbocycles. The van der Waals surface area contributed by atoms with Gasteiger partial charge in [0.15, 0.2) is 0 Å². The summed E-state index contributed by atoms with van der Waals surface area (Å²) in [7, 11) is 1.78. The van der Waals surface area contributed by atoms with Crippen LogP contribution in [0.2, 0.25) is 0 Å². The van der Waals surface area contributed by atoms with Gasteiger partial charge in [-0.2, -0.15) is 0 Å². The third-order valence-electron chi connectivity index (χ3n) is 4.35. The van der Waals surface area contributed by atoms with Gasteiger partial charge in [-0.3, -0.25) is 9.59 Å². The van der Waals surface area contributed by atoms with Gasteiger partial charge in [0.05, 0.1) is 6.54 Å². The maximum absolute atomic E-state index is 12.4. The zero-order valence-corrected chi connectivity index (χ0v) is 11.3. The van der Waals surface area contributed by atoms with Crippen LogP contribution in [0, 0.1) is 11.8 Å². The molecule has 1 saturated heterocycles. The van der Waals surface area contributed by atoms with Gasteiger partial charge in [0, 0.05) is 32.1 Å². The zero-order valence-electron chi connectivity index (χ0n) is 11.3. The van der Waals surface area contributed by atoms with Gasteiger partial charge in [-0.1, -0.05) is 6.92 Å². The first-order valence-electron chi connectivity index (χ1n) is 6.77. The second kappa shape index (κ2) is 5.26. The molecule has 2 aliphatic rings. The second-order valence-electron chi connectivity index (χ2n) is 5.73. The Morgan fingerprint density at radius 1 is 1.33 bits per heavy atom. The van der Waals surface area contributed by atoms with Crippen LogP contribution in [-0.2, 0) is 9.59 Å². The molecular formula is C13H23N3O2. The number of rotatable bonds is 1. The highest BCUT2D eigenvalue weighted by atomic mass is 16.2. The Bertz CT molecular complexity index is 345. The fourth-order valence-electron chi connectivity index (χ4n) is 2.85. The van der Waals surface area contributed by atoms with Crippen molar-refractivity contribution < 1.29 is 9.59 Å². The molecule has 3 atom stereocenters. The SMILES string of the molecule is CC1CC(C(=O)N2CCN(C)C(=O)C2)CCC1N. The van der Waals surface area contributed by atoms with Gasteiger partial charge < -0.3 is 15.5 Å². The molecule has 2 fully saturated rings. The molecular weight excluding hydrogens is 230 g/mol. The summed E-state index contributed by atoms with van der Waals surface area (Å²) in [6.45, 7) is 3.66. The summed E-state index contributed by atoms with van der Waals surface area (Å²) in [5.74, 6) is 0.650. The molecule has 0 aromatic rings. The fourth-order valence-corrected chi connectivity index (χ4v) is 2.85. The molecule has 102 valence electrons. The minimum Gasteiger partial charge on any atom is -0.342 e. The van der Waals surface area contributed by atoms with Crippen LogP contribution in [0.3, 0.4) is 0 Å². The number of carbonyl (C=O) groups excluding carboxylic acids is 2. The van der Waals surface area contributed by atoms with E-state index in [4.69, 9.17) is 5.73 Å². The van der Waals surface area contributed by atoms with E-state index in [9.17, 15) is 9.59 Å². The van der Waals surface area contributed by atoms with Gasteiger partial charge in [0.2, 0.25) is 11.8 Å². The maximum Gasteiger partial charge on any atom is 0.241 e. The van der Waals surface area contributed by atoms with Crippen LogP contribution in [-0.4, -0.2) is 54.3 Å². The third kappa shape index (κ3) is 2.66. The molecule has 3 unspecified atom stereocenters. The normalized spacial score (nSPS) is 33.7. The van der Waals surface area contributed by atoms with Crippen LogP contribution in [0.5, 0.6) is 0 Å². The van der Waals surface area contributed by atoms with E-state index in [0.29, 0.717) is 19.0 Å². The van der Waals surface area contributed by atoms with Crippen molar-refractivity contribution in [3.05, 3.63) is 0 Å². The first-order valence-corrected chi connectivity index (χ1v) is 6.77. The summed E-state index contributed by atoms with van der Waals surface area (Å²) in [6.07, 6.45) is 2.64. The van der Waals surface area contributed by atoms with E-state index in [2.05, 4.69) is 6.92 Å². The Balaban J connectivity index is 1.93. The lowest BCUT2D eigenvalue weighted by Crippen LogP contribution is -2.53. The number of nitrogens with zero attached hydrogens (tertiary/aromatic N) is 2. The van der Waals surface area contributed by atoms with Gasteiger partial charge in [-0.25, -0.2) is 0 Å². The average molecular weight is 253 g/mol. The Labute approximate surface area is 108 Å². The highest BCUT2D eigenvalue weighted by molar-refractivity contribution is 5.87. The monoisotopic (exact) mass is 253 g/mol. The van der Waals surface area contributed by atoms with Crippen molar-refractivity contribution in [2.45, 2.75) is 32.2 Å². The standard InChI is InChI=1S/C13H23N3O2/c1-9-7-10(3-4-11(9)14)13(18)16-6-5-15(2)12(17)8-16/h9-11H,3-8,14H2,1-2H3. The average Bonchev–Trinajstić information content (AvgIpc) is 2.35. The molecule has 18 heavy (non-hydrogen) atoms. The minimum atomic E-state index is 0.0372. The summed E-state index contributed by atoms with van der Waals surface area (Å²) in [6, 6.07) is 0.225. The number of carbonyl (C=O) groups is 2. The highest BCUT2D eigenvalue weighted by Gasteiger charge is 2.34. The highest BCUT2D eigenvalue weighted by Crippen LogP contribution is 2.29. The number of nitrogens with two attached hydrogens (primary N) is 1. The van der Waals surface area contributed by atoms with Gasteiger partial charge in [-0.15, -0.1) is 0 Å². The summed E-state index contributed by atoms with van der Waals surface area (Å²) in [4.78, 5) is 27.4. The van der Waals surface area contributed by atoms with Gasteiger partial charge in [-0.05, 0) is 25.2 Å². The lowest BCUT2D eigenvalue weighted by Gasteiger charge is -2.37. The second-order valence-corrected chi connectivity index (χ2v) is 5.73. The van der Waals surface area contributed by atoms with Crippen molar-refractivity contribution in [3.8, 4) is 0 Å². The molecule has 1 saturated carbocycles. The number of piperazine rings is 1. The van der Waals surface area contributed by atoms with Crippen molar-refractivity contribution in [1.82, 2.24) is 9.80 Å². The number of hydrogen-bond acceptors (Lipinski definition) is 3. The molecule has 2 rings (SSSR count). The molecule has 2 amide bonds. The molecule has 0 spiro atoms. The van der Waals surface area contributed by atoms with E-state index in [1.807, 2.05) is 0 Å². The van der Waals surface area contributed by atoms with Crippen molar-refractivity contribution >= 4 is 11.8 Å². The molecule has 5 heteroatoms. The fraction of sp³-hybridized carbons (Fsp3) is 0.846. The van der Waals surface area contributed by atoms with E-state index < -0.39 is 0 Å². The predicted molar refractivity (Wildman–Crippen MR) is 68.7 cm³/mol. The van der Waals surface area contributed by atoms with Crippen LogP contribution in [0.1, 0.15) is 26.2 Å². The molecule has 1 aliphatic carbocycles. The molecule has 5 nitrogen and oxygen atoms in total. The Morgan fingerprint density at radius 2 is 2.06 bits per heavy atom. The number of amides is 2.